The summed E-state index contributed by atoms with van der Waals surface area (Å²) in [5.41, 5.74) is -3.43. The number of benzene rings is 1. The number of carbonyl (C=O) groups is 3. The lowest BCUT2D eigenvalue weighted by molar-refractivity contribution is -0.437. The Bertz CT molecular complexity index is 1570. The fraction of sp³-hybridized carbons (Fsp3) is 0.656. The number of fused-ring (bicyclic) bond motifs is 2. The Morgan fingerprint density at radius 3 is 2.43 bits per heavy atom. The zero-order chi connectivity index (χ0) is 31.6. The van der Waals surface area contributed by atoms with Crippen LogP contribution in [0.5, 0.6) is 0 Å². The molecule has 0 aromatic heterocycles. The van der Waals surface area contributed by atoms with Crippen molar-refractivity contribution < 1.29 is 46.9 Å². The van der Waals surface area contributed by atoms with Gasteiger partial charge < -0.3 is 19.7 Å². The molecule has 2 N–H and O–H groups in total. The van der Waals surface area contributed by atoms with Gasteiger partial charge in [-0.05, 0) is 73.3 Å². The van der Waals surface area contributed by atoms with E-state index in [1.54, 1.807) is 0 Å². The predicted molar refractivity (Wildman–Crippen MR) is 151 cm³/mol. The van der Waals surface area contributed by atoms with E-state index in [0.29, 0.717) is 19.3 Å². The van der Waals surface area contributed by atoms with Crippen molar-refractivity contribution in [1.29, 1.82) is 0 Å². The normalized spacial score (nSPS) is 41.8. The molecule has 7 fully saturated rings. The topological polar surface area (TPSA) is 148 Å². The summed E-state index contributed by atoms with van der Waals surface area (Å²) in [6.45, 7) is 7.90. The van der Waals surface area contributed by atoms with Gasteiger partial charge in [0.25, 0.3) is 0 Å². The average molecular weight is 632 g/mol. The molecule has 4 bridgehead atoms. The largest absolute Gasteiger partial charge is 0.460 e. The molecule has 10 nitrogen and oxygen atoms in total. The van der Waals surface area contributed by atoms with E-state index in [0.717, 1.165) is 12.1 Å². The van der Waals surface area contributed by atoms with Crippen molar-refractivity contribution in [2.75, 3.05) is 19.7 Å². The number of ketones is 2. The van der Waals surface area contributed by atoms with Crippen molar-refractivity contribution in [3.8, 4) is 0 Å². The number of hydrogen-bond donors (Lipinski definition) is 2. The van der Waals surface area contributed by atoms with Crippen molar-refractivity contribution in [2.45, 2.75) is 75.3 Å². The van der Waals surface area contributed by atoms with Crippen LogP contribution < -0.4 is 0 Å². The average Bonchev–Trinajstić information content (AvgIpc) is 3.10. The van der Waals surface area contributed by atoms with Gasteiger partial charge in [0.2, 0.25) is 15.8 Å². The van der Waals surface area contributed by atoms with Gasteiger partial charge in [0.15, 0.2) is 5.78 Å². The molecule has 0 unspecified atom stereocenters. The molecule has 8 rings (SSSR count). The van der Waals surface area contributed by atoms with Gasteiger partial charge >= 0.3 is 5.97 Å². The van der Waals surface area contributed by atoms with Crippen molar-refractivity contribution in [2.24, 2.45) is 39.9 Å². The van der Waals surface area contributed by atoms with Crippen LogP contribution in [0.15, 0.2) is 41.3 Å². The number of ether oxygens (including phenoxy) is 2. The SMILES string of the molecule is C=C1C(=O)[C@]23[C@H](OC(=O)C4CCN(S(=O)(=O)c5ccc(F)cc5)CC4)[C@H]1CC[C@H]2[C@@]12CO[C@@]3(O)[C@@H](O)[C@@H]1C(C)(C)CCC2=O. The number of piperidine rings is 1. The lowest BCUT2D eigenvalue weighted by Crippen LogP contribution is -2.85. The first-order valence-electron chi connectivity index (χ1n) is 15.4. The standard InChI is InChI=1S/C32H38FNO9S/c1-17-21-8-9-22-30-16-42-32(39,26(37)24(30)29(2,3)13-10-23(30)35)31(22,25(17)36)27(21)43-28(38)18-11-14-34(15-12-18)44(40,41)20-6-4-19(33)5-7-20/h4-7,18,21-22,24,26-27,37,39H,1,8-16H2,2-3H3/t21-,22-,24+,26-,27+,30+,31-,32-/m0/s1. The van der Waals surface area contributed by atoms with Crippen molar-refractivity contribution >= 4 is 27.6 Å². The summed E-state index contributed by atoms with van der Waals surface area (Å²) in [6.07, 6.45) is -0.812. The van der Waals surface area contributed by atoms with Gasteiger partial charge in [-0.15, -0.1) is 0 Å². The molecule has 3 saturated heterocycles. The summed E-state index contributed by atoms with van der Waals surface area (Å²) in [5, 5.41) is 24.2. The molecular formula is C32H38FNO9S. The molecule has 4 aliphatic carbocycles. The van der Waals surface area contributed by atoms with Crippen molar-refractivity contribution in [3.05, 3.63) is 42.2 Å². The van der Waals surface area contributed by atoms with Crippen LogP contribution in [0.3, 0.4) is 0 Å². The highest BCUT2D eigenvalue weighted by Crippen LogP contribution is 2.76. The van der Waals surface area contributed by atoms with Gasteiger partial charge in [0.05, 0.1) is 22.8 Å². The minimum Gasteiger partial charge on any atom is -0.460 e. The van der Waals surface area contributed by atoms with E-state index in [1.807, 2.05) is 13.8 Å². The van der Waals surface area contributed by atoms with Gasteiger partial charge in [-0.1, -0.05) is 20.4 Å². The van der Waals surface area contributed by atoms with Crippen LogP contribution in [-0.4, -0.2) is 78.2 Å². The molecule has 1 aromatic rings. The Labute approximate surface area is 255 Å². The highest BCUT2D eigenvalue weighted by molar-refractivity contribution is 7.89. The number of rotatable bonds is 4. The van der Waals surface area contributed by atoms with E-state index in [4.69, 9.17) is 9.47 Å². The number of sulfonamides is 1. The number of nitrogens with zero attached hydrogens (tertiary/aromatic N) is 1. The maximum Gasteiger partial charge on any atom is 0.309 e. The molecule has 4 saturated carbocycles. The molecule has 3 heterocycles. The smallest absolute Gasteiger partial charge is 0.309 e. The first-order chi connectivity index (χ1) is 20.6. The molecule has 3 aliphatic heterocycles. The van der Waals surface area contributed by atoms with E-state index in [-0.39, 0.29) is 55.2 Å². The zero-order valence-electron chi connectivity index (χ0n) is 24.8. The number of aliphatic hydroxyl groups excluding tert-OH is 1. The second-order valence-corrected chi connectivity index (χ2v) is 16.2. The highest BCUT2D eigenvalue weighted by atomic mass is 32.2. The highest BCUT2D eigenvalue weighted by Gasteiger charge is 2.88. The number of carbonyl (C=O) groups excluding carboxylic acids is 3. The molecule has 238 valence electrons. The van der Waals surface area contributed by atoms with E-state index < -0.39 is 85.5 Å². The lowest BCUT2D eigenvalue weighted by Gasteiger charge is -2.73. The van der Waals surface area contributed by atoms with Crippen LogP contribution >= 0.6 is 0 Å². The molecule has 2 spiro atoms. The van der Waals surface area contributed by atoms with Gasteiger partial charge in [0.1, 0.15) is 29.2 Å². The van der Waals surface area contributed by atoms with E-state index in [9.17, 15) is 37.4 Å². The molecule has 44 heavy (non-hydrogen) atoms. The first-order valence-corrected chi connectivity index (χ1v) is 16.9. The number of esters is 1. The van der Waals surface area contributed by atoms with Gasteiger partial charge in [-0.3, -0.25) is 14.4 Å². The minimum absolute atomic E-state index is 0.0348. The molecule has 8 atom stereocenters. The van der Waals surface area contributed by atoms with Crippen LogP contribution in [0.25, 0.3) is 0 Å². The molecule has 7 aliphatic rings. The Balaban J connectivity index is 1.18. The number of halogens is 1. The van der Waals surface area contributed by atoms with Crippen LogP contribution in [0.1, 0.15) is 52.4 Å². The fourth-order valence-corrected chi connectivity index (χ4v) is 11.5. The Morgan fingerprint density at radius 2 is 1.77 bits per heavy atom. The lowest BCUT2D eigenvalue weighted by atomic mass is 9.36. The third kappa shape index (κ3) is 3.54. The summed E-state index contributed by atoms with van der Waals surface area (Å²) < 4.78 is 53.0. The van der Waals surface area contributed by atoms with E-state index in [2.05, 4.69) is 6.58 Å². The summed E-state index contributed by atoms with van der Waals surface area (Å²) in [7, 11) is -3.89. The van der Waals surface area contributed by atoms with Gasteiger partial charge in [-0.25, -0.2) is 12.8 Å². The third-order valence-electron chi connectivity index (χ3n) is 12.1. The van der Waals surface area contributed by atoms with Gasteiger partial charge in [-0.2, -0.15) is 4.31 Å². The summed E-state index contributed by atoms with van der Waals surface area (Å²) >= 11 is 0. The Morgan fingerprint density at radius 1 is 1.11 bits per heavy atom. The number of Topliss-reactive ketones (excluding diaryl/α,β-unsaturated/α-hetero) is 2. The minimum atomic E-state index is -3.89. The van der Waals surface area contributed by atoms with Crippen molar-refractivity contribution in [1.82, 2.24) is 4.31 Å². The van der Waals surface area contributed by atoms with E-state index >= 15 is 0 Å². The number of aliphatic hydroxyl groups is 2. The quantitative estimate of drug-likeness (QED) is 0.378. The second kappa shape index (κ2) is 9.51. The number of hydrogen-bond acceptors (Lipinski definition) is 9. The predicted octanol–water partition coefficient (Wildman–Crippen LogP) is 2.37. The molecule has 1 aromatic carbocycles. The summed E-state index contributed by atoms with van der Waals surface area (Å²) in [6, 6.07) is 4.55. The van der Waals surface area contributed by atoms with Crippen LogP contribution in [0.4, 0.5) is 4.39 Å². The van der Waals surface area contributed by atoms with Crippen LogP contribution in [0, 0.1) is 45.7 Å². The fourth-order valence-electron chi connectivity index (χ4n) is 10.1. The summed E-state index contributed by atoms with van der Waals surface area (Å²) in [4.78, 5) is 41.8. The Kier molecular flexibility index (Phi) is 6.52. The Hall–Kier alpha value is -2.51. The molecule has 0 amide bonds. The maximum atomic E-state index is 14.3. The van der Waals surface area contributed by atoms with Crippen molar-refractivity contribution in [3.63, 3.8) is 0 Å². The second-order valence-electron chi connectivity index (χ2n) is 14.3. The molecule has 12 heteroatoms. The van der Waals surface area contributed by atoms with Crippen LogP contribution in [-0.2, 0) is 33.9 Å². The zero-order valence-corrected chi connectivity index (χ0v) is 25.6. The summed E-state index contributed by atoms with van der Waals surface area (Å²) in [5.74, 6) is -6.85. The van der Waals surface area contributed by atoms with E-state index in [1.165, 1.54) is 16.4 Å². The van der Waals surface area contributed by atoms with Crippen LogP contribution in [0.2, 0.25) is 0 Å². The molecule has 0 radical (unpaired) electrons. The first kappa shape index (κ1) is 30.2. The monoisotopic (exact) mass is 631 g/mol. The molecular weight excluding hydrogens is 593 g/mol. The maximum absolute atomic E-state index is 14.3. The third-order valence-corrected chi connectivity index (χ3v) is 14.0. The van der Waals surface area contributed by atoms with Gasteiger partial charge in [0, 0.05) is 31.3 Å².